The van der Waals surface area contributed by atoms with Gasteiger partial charge in [0.15, 0.2) is 11.5 Å². The summed E-state index contributed by atoms with van der Waals surface area (Å²) in [5.41, 5.74) is 11.0. The van der Waals surface area contributed by atoms with E-state index in [2.05, 4.69) is 25.1 Å². The first-order chi connectivity index (χ1) is 9.66. The summed E-state index contributed by atoms with van der Waals surface area (Å²) in [6, 6.07) is 0. The second-order valence-electron chi connectivity index (χ2n) is 2.70. The van der Waals surface area contributed by atoms with Gasteiger partial charge in [-0.1, -0.05) is 0 Å². The average molecular weight is 372 g/mol. The first-order valence-corrected chi connectivity index (χ1v) is 4.34. The molecule has 116 valence electrons. The van der Waals surface area contributed by atoms with Gasteiger partial charge < -0.3 is 48.0 Å². The van der Waals surface area contributed by atoms with Crippen molar-refractivity contribution in [3.8, 4) is 11.5 Å². The first kappa shape index (κ1) is 21.0. The SMILES string of the molecule is Nc1nonc1-c1nnc(N)n1N.O=[N+]([O-])[O-].O=[N+]([O-])[O-].[Zn+2]. The van der Waals surface area contributed by atoms with E-state index in [9.17, 15) is 0 Å². The number of hydrogen-bond donors (Lipinski definition) is 3. The van der Waals surface area contributed by atoms with Crippen molar-refractivity contribution in [1.29, 1.82) is 0 Å². The van der Waals surface area contributed by atoms with Crippen molar-refractivity contribution in [2.75, 3.05) is 17.3 Å². The summed E-state index contributed by atoms with van der Waals surface area (Å²) in [5.74, 6) is 5.80. The number of hydrogen-bond acceptors (Lipinski definition) is 14. The molecule has 2 aromatic heterocycles. The second-order valence-corrected chi connectivity index (χ2v) is 2.70. The van der Waals surface area contributed by atoms with Gasteiger partial charge in [-0.25, -0.2) is 9.31 Å². The van der Waals surface area contributed by atoms with Crippen LogP contribution in [0.15, 0.2) is 4.63 Å². The van der Waals surface area contributed by atoms with Gasteiger partial charge in [0.05, 0.1) is 10.2 Å². The van der Waals surface area contributed by atoms with Gasteiger partial charge in [0, 0.05) is 0 Å². The zero-order chi connectivity index (χ0) is 16.6. The minimum atomic E-state index is -1.75. The van der Waals surface area contributed by atoms with Crippen molar-refractivity contribution >= 4 is 11.8 Å². The van der Waals surface area contributed by atoms with E-state index < -0.39 is 10.2 Å². The van der Waals surface area contributed by atoms with Crippen LogP contribution in [0.3, 0.4) is 0 Å². The van der Waals surface area contributed by atoms with Crippen LogP contribution < -0.4 is 17.3 Å². The molecule has 0 radical (unpaired) electrons. The molecule has 0 aromatic carbocycles. The minimum Gasteiger partial charge on any atom is -0.379 e. The summed E-state index contributed by atoms with van der Waals surface area (Å²) in [6.45, 7) is 0. The zero-order valence-corrected chi connectivity index (χ0v) is 13.4. The number of nitrogens with two attached hydrogens (primary N) is 3. The summed E-state index contributed by atoms with van der Waals surface area (Å²) in [4.78, 5) is 16.5. The molecular weight excluding hydrogens is 365 g/mol. The molecular formula is C4H6N10O7Zn. The second kappa shape index (κ2) is 9.58. The van der Waals surface area contributed by atoms with E-state index in [4.69, 9.17) is 48.0 Å². The maximum absolute atomic E-state index is 8.25. The Labute approximate surface area is 131 Å². The molecule has 2 heterocycles. The third-order valence-electron chi connectivity index (χ3n) is 1.45. The molecule has 0 aliphatic rings. The molecule has 18 heteroatoms. The van der Waals surface area contributed by atoms with Crippen LogP contribution in [0.25, 0.3) is 11.5 Å². The molecule has 22 heavy (non-hydrogen) atoms. The third-order valence-corrected chi connectivity index (χ3v) is 1.45. The summed E-state index contributed by atoms with van der Waals surface area (Å²) >= 11 is 0. The Bertz CT molecular complexity index is 590. The van der Waals surface area contributed by atoms with E-state index in [1.807, 2.05) is 0 Å². The Kier molecular flexibility index (Phi) is 9.15. The standard InChI is InChI=1S/C4H6N8O.2NO3.Zn/c5-2-1(10-13-11-2)3-8-9-4(6)12(3)7;2*2-1(3)4;/h7H2,(H2,5,11)(H2,6,9);;;/q;2*-1;+2. The summed E-state index contributed by atoms with van der Waals surface area (Å²) in [6.07, 6.45) is 0. The van der Waals surface area contributed by atoms with Crippen molar-refractivity contribution in [3.63, 3.8) is 0 Å². The smallest absolute Gasteiger partial charge is 0.379 e. The number of nitrogen functional groups attached to an aromatic ring is 3. The molecule has 17 nitrogen and oxygen atoms in total. The van der Waals surface area contributed by atoms with Crippen LogP contribution in [0.1, 0.15) is 0 Å². The zero-order valence-electron chi connectivity index (χ0n) is 10.4. The molecule has 0 amide bonds. The van der Waals surface area contributed by atoms with E-state index in [0.717, 1.165) is 4.68 Å². The molecule has 0 aliphatic carbocycles. The molecule has 0 unspecified atom stereocenters. The molecule has 0 bridgehead atoms. The van der Waals surface area contributed by atoms with Gasteiger partial charge in [0.2, 0.25) is 11.8 Å². The van der Waals surface area contributed by atoms with Crippen LogP contribution in [-0.2, 0) is 19.5 Å². The largest absolute Gasteiger partial charge is 2.00 e. The van der Waals surface area contributed by atoms with Crippen LogP contribution in [0.2, 0.25) is 0 Å². The molecule has 0 atom stereocenters. The van der Waals surface area contributed by atoms with Gasteiger partial charge in [-0.2, -0.15) is 0 Å². The number of nitrogens with zero attached hydrogens (tertiary/aromatic N) is 7. The molecule has 2 aromatic rings. The maximum Gasteiger partial charge on any atom is 2.00 e. The minimum absolute atomic E-state index is 0. The van der Waals surface area contributed by atoms with Gasteiger partial charge in [-0.15, -0.1) is 10.2 Å². The predicted octanol–water partition coefficient (Wildman–Crippen LogP) is -2.27. The number of aromatic nitrogens is 5. The maximum atomic E-state index is 8.25. The molecule has 6 N–H and O–H groups in total. The Morgan fingerprint density at radius 2 is 1.45 bits per heavy atom. The average Bonchev–Trinajstić information content (AvgIpc) is 2.86. The van der Waals surface area contributed by atoms with E-state index in [1.54, 1.807) is 0 Å². The van der Waals surface area contributed by atoms with Gasteiger partial charge >= 0.3 is 19.5 Å². The number of rotatable bonds is 1. The monoisotopic (exact) mass is 370 g/mol. The summed E-state index contributed by atoms with van der Waals surface area (Å²) in [5, 5.41) is 43.5. The fraction of sp³-hybridized carbons (Fsp3) is 0. The molecule has 0 aliphatic heterocycles. The van der Waals surface area contributed by atoms with Crippen molar-refractivity contribution < 1.29 is 34.3 Å². The van der Waals surface area contributed by atoms with E-state index in [-0.39, 0.29) is 42.8 Å². The number of anilines is 2. The van der Waals surface area contributed by atoms with Crippen molar-refractivity contribution in [3.05, 3.63) is 30.6 Å². The van der Waals surface area contributed by atoms with E-state index in [1.165, 1.54) is 0 Å². The quantitative estimate of drug-likeness (QED) is 0.206. The third kappa shape index (κ3) is 7.33. The molecule has 2 rings (SSSR count). The topological polar surface area (TPSA) is 280 Å². The molecule has 0 saturated carbocycles. The Balaban J connectivity index is 0. The van der Waals surface area contributed by atoms with Crippen LogP contribution in [0.5, 0.6) is 0 Å². The Morgan fingerprint density at radius 3 is 1.73 bits per heavy atom. The molecule has 0 saturated heterocycles. The van der Waals surface area contributed by atoms with Crippen LogP contribution >= 0.6 is 0 Å². The Hall–Kier alpha value is -3.30. The molecule has 0 fully saturated rings. The normalized spacial score (nSPS) is 8.36. The van der Waals surface area contributed by atoms with E-state index >= 15 is 0 Å². The fourth-order valence-electron chi connectivity index (χ4n) is 0.816. The van der Waals surface area contributed by atoms with Gasteiger partial charge in [-0.05, 0) is 10.3 Å². The van der Waals surface area contributed by atoms with Gasteiger partial charge in [-0.3, -0.25) is 0 Å². The van der Waals surface area contributed by atoms with Gasteiger partial charge in [0.25, 0.3) is 0 Å². The summed E-state index contributed by atoms with van der Waals surface area (Å²) < 4.78 is 5.40. The van der Waals surface area contributed by atoms with Crippen molar-refractivity contribution in [2.24, 2.45) is 0 Å². The van der Waals surface area contributed by atoms with Crippen LogP contribution in [0.4, 0.5) is 11.8 Å². The Morgan fingerprint density at radius 1 is 1.00 bits per heavy atom. The fourth-order valence-corrected chi connectivity index (χ4v) is 0.816. The predicted molar refractivity (Wildman–Crippen MR) is 63.0 cm³/mol. The van der Waals surface area contributed by atoms with Crippen LogP contribution in [-0.4, -0.2) is 35.4 Å². The van der Waals surface area contributed by atoms with Gasteiger partial charge in [0.1, 0.15) is 0 Å². The van der Waals surface area contributed by atoms with E-state index in [0.29, 0.717) is 0 Å². The molecule has 0 spiro atoms. The van der Waals surface area contributed by atoms with Crippen molar-refractivity contribution in [2.45, 2.75) is 0 Å². The summed E-state index contributed by atoms with van der Waals surface area (Å²) in [7, 11) is 0. The van der Waals surface area contributed by atoms with Crippen LogP contribution in [0, 0.1) is 30.6 Å². The van der Waals surface area contributed by atoms with Crippen molar-refractivity contribution in [1.82, 2.24) is 25.2 Å². The first-order valence-electron chi connectivity index (χ1n) is 4.34.